The van der Waals surface area contributed by atoms with Crippen molar-refractivity contribution in [3.05, 3.63) is 5.82 Å². The van der Waals surface area contributed by atoms with Gasteiger partial charge in [0.05, 0.1) is 11.9 Å². The first kappa shape index (κ1) is 11.7. The van der Waals surface area contributed by atoms with Crippen LogP contribution in [0.1, 0.15) is 30.3 Å². The third kappa shape index (κ3) is 3.12. The summed E-state index contributed by atoms with van der Waals surface area (Å²) in [5.41, 5.74) is 0. The Morgan fingerprint density at radius 1 is 1.56 bits per heavy atom. The van der Waals surface area contributed by atoms with Gasteiger partial charge in [0.1, 0.15) is 0 Å². The van der Waals surface area contributed by atoms with Crippen molar-refractivity contribution in [2.24, 2.45) is 0 Å². The summed E-state index contributed by atoms with van der Waals surface area (Å²) >= 11 is 1.92. The number of methoxy groups -OCH3 is 1. The Hall–Kier alpha value is -0.750. The zero-order chi connectivity index (χ0) is 11.2. The molecule has 1 N–H and O–H groups in total. The number of nitrogens with zero attached hydrogens (tertiary/aromatic N) is 2. The number of thioether (sulfide) groups is 1. The molecule has 0 radical (unpaired) electrons. The van der Waals surface area contributed by atoms with E-state index in [-0.39, 0.29) is 0 Å². The lowest BCUT2D eigenvalue weighted by Gasteiger charge is -2.17. The molecule has 90 valence electrons. The highest BCUT2D eigenvalue weighted by Gasteiger charge is 2.21. The number of hydrogen-bond acceptors (Lipinski definition) is 6. The molecule has 0 amide bonds. The molecule has 0 bridgehead atoms. The van der Waals surface area contributed by atoms with Crippen LogP contribution in [-0.2, 0) is 4.74 Å². The van der Waals surface area contributed by atoms with Gasteiger partial charge in [-0.3, -0.25) is 0 Å². The van der Waals surface area contributed by atoms with E-state index in [1.807, 2.05) is 11.8 Å². The third-order valence-electron chi connectivity index (χ3n) is 2.49. The minimum absolute atomic E-state index is 0.412. The molecule has 2 rings (SSSR count). The molecule has 1 aromatic heterocycles. The summed E-state index contributed by atoms with van der Waals surface area (Å²) < 4.78 is 10.1. The molecule has 0 aromatic carbocycles. The van der Waals surface area contributed by atoms with Crippen molar-refractivity contribution in [2.45, 2.75) is 24.5 Å². The summed E-state index contributed by atoms with van der Waals surface area (Å²) in [4.78, 5) is 4.34. The summed E-state index contributed by atoms with van der Waals surface area (Å²) in [5, 5.41) is 7.45. The van der Waals surface area contributed by atoms with Crippen LogP contribution in [0.4, 0.5) is 6.01 Å². The molecule has 1 saturated heterocycles. The highest BCUT2D eigenvalue weighted by Crippen LogP contribution is 2.36. The second-order valence-corrected chi connectivity index (χ2v) is 5.04. The Morgan fingerprint density at radius 3 is 3.25 bits per heavy atom. The van der Waals surface area contributed by atoms with E-state index in [1.54, 1.807) is 7.11 Å². The van der Waals surface area contributed by atoms with Gasteiger partial charge in [0.25, 0.3) is 0 Å². The van der Waals surface area contributed by atoms with Crippen LogP contribution in [0.15, 0.2) is 4.52 Å². The number of aromatic nitrogens is 2. The van der Waals surface area contributed by atoms with E-state index in [0.717, 1.165) is 12.2 Å². The lowest BCUT2D eigenvalue weighted by atomic mass is 10.2. The van der Waals surface area contributed by atoms with E-state index >= 15 is 0 Å². The average Bonchev–Trinajstić information content (AvgIpc) is 2.79. The lowest BCUT2D eigenvalue weighted by molar-refractivity contribution is 0.210. The predicted octanol–water partition coefficient (Wildman–Crippen LogP) is 2.09. The summed E-state index contributed by atoms with van der Waals surface area (Å²) in [6, 6.07) is 0.498. The second-order valence-electron chi connectivity index (χ2n) is 3.73. The van der Waals surface area contributed by atoms with Crippen LogP contribution in [0.2, 0.25) is 0 Å². The van der Waals surface area contributed by atoms with Gasteiger partial charge in [-0.25, -0.2) is 0 Å². The second kappa shape index (κ2) is 6.10. The van der Waals surface area contributed by atoms with Crippen LogP contribution in [-0.4, -0.2) is 36.2 Å². The largest absolute Gasteiger partial charge is 0.383 e. The van der Waals surface area contributed by atoms with Crippen molar-refractivity contribution in [1.29, 1.82) is 0 Å². The maximum absolute atomic E-state index is 5.12. The summed E-state index contributed by atoms with van der Waals surface area (Å²) in [5.74, 6) is 2.02. The highest BCUT2D eigenvalue weighted by molar-refractivity contribution is 7.99. The van der Waals surface area contributed by atoms with E-state index < -0.39 is 0 Å². The minimum atomic E-state index is 0.412. The van der Waals surface area contributed by atoms with E-state index in [0.29, 0.717) is 24.4 Å². The molecular weight excluding hydrogens is 226 g/mol. The molecule has 6 heteroatoms. The Balaban J connectivity index is 1.85. The van der Waals surface area contributed by atoms with E-state index in [4.69, 9.17) is 9.26 Å². The Kier molecular flexibility index (Phi) is 4.47. The number of nitrogens with one attached hydrogen (secondary N) is 1. The van der Waals surface area contributed by atoms with Crippen LogP contribution in [0.5, 0.6) is 0 Å². The van der Waals surface area contributed by atoms with Gasteiger partial charge in [-0.2, -0.15) is 16.7 Å². The van der Waals surface area contributed by atoms with Crippen LogP contribution in [0.3, 0.4) is 0 Å². The van der Waals surface area contributed by atoms with Gasteiger partial charge in [-0.1, -0.05) is 11.6 Å². The molecule has 16 heavy (non-hydrogen) atoms. The SMILES string of the molecule is COCCNc1nc(C2CCCCS2)no1. The Morgan fingerprint density at radius 2 is 2.50 bits per heavy atom. The standard InChI is InChI=1S/C10H17N3O2S/c1-14-6-5-11-10-12-9(13-15-10)8-4-2-3-7-16-8/h8H,2-7H2,1H3,(H,11,12,13). The van der Waals surface area contributed by atoms with Crippen molar-refractivity contribution >= 4 is 17.8 Å². The fraction of sp³-hybridized carbons (Fsp3) is 0.800. The zero-order valence-electron chi connectivity index (χ0n) is 9.44. The van der Waals surface area contributed by atoms with Crippen LogP contribution < -0.4 is 5.32 Å². The molecule has 1 atom stereocenters. The predicted molar refractivity (Wildman–Crippen MR) is 63.7 cm³/mol. The monoisotopic (exact) mass is 243 g/mol. The molecule has 1 aliphatic rings. The van der Waals surface area contributed by atoms with Crippen molar-refractivity contribution in [3.8, 4) is 0 Å². The highest BCUT2D eigenvalue weighted by atomic mass is 32.2. The summed E-state index contributed by atoms with van der Waals surface area (Å²) in [7, 11) is 1.67. The maximum Gasteiger partial charge on any atom is 0.321 e. The van der Waals surface area contributed by atoms with Gasteiger partial charge in [0, 0.05) is 13.7 Å². The molecule has 0 saturated carbocycles. The first-order chi connectivity index (χ1) is 7.90. The fourth-order valence-electron chi connectivity index (χ4n) is 1.64. The topological polar surface area (TPSA) is 60.2 Å². The zero-order valence-corrected chi connectivity index (χ0v) is 10.3. The maximum atomic E-state index is 5.12. The number of ether oxygens (including phenoxy) is 1. The van der Waals surface area contributed by atoms with Gasteiger partial charge in [0.2, 0.25) is 0 Å². The lowest BCUT2D eigenvalue weighted by Crippen LogP contribution is -2.08. The Labute approximate surface area is 99.3 Å². The summed E-state index contributed by atoms with van der Waals surface area (Å²) in [6.07, 6.45) is 3.72. The molecular formula is C10H17N3O2S. The van der Waals surface area contributed by atoms with Crippen LogP contribution >= 0.6 is 11.8 Å². The smallest absolute Gasteiger partial charge is 0.321 e. The van der Waals surface area contributed by atoms with Gasteiger partial charge in [-0.05, 0) is 18.6 Å². The molecule has 2 heterocycles. The molecule has 1 unspecified atom stereocenters. The van der Waals surface area contributed by atoms with Gasteiger partial charge < -0.3 is 14.6 Å². The van der Waals surface area contributed by atoms with Crippen molar-refractivity contribution in [3.63, 3.8) is 0 Å². The van der Waals surface area contributed by atoms with Crippen molar-refractivity contribution < 1.29 is 9.26 Å². The number of rotatable bonds is 5. The normalized spacial score (nSPS) is 20.9. The summed E-state index contributed by atoms with van der Waals surface area (Å²) in [6.45, 7) is 1.33. The third-order valence-corrected chi connectivity index (χ3v) is 3.87. The Bertz CT molecular complexity index is 313. The number of anilines is 1. The minimum Gasteiger partial charge on any atom is -0.383 e. The van der Waals surface area contributed by atoms with Gasteiger partial charge in [-0.15, -0.1) is 0 Å². The molecule has 0 aliphatic carbocycles. The fourth-order valence-corrected chi connectivity index (χ4v) is 2.88. The average molecular weight is 243 g/mol. The van der Waals surface area contributed by atoms with E-state index in [1.165, 1.54) is 18.6 Å². The van der Waals surface area contributed by atoms with Crippen LogP contribution in [0.25, 0.3) is 0 Å². The van der Waals surface area contributed by atoms with Crippen molar-refractivity contribution in [2.75, 3.05) is 31.3 Å². The first-order valence-corrected chi connectivity index (χ1v) is 6.63. The van der Waals surface area contributed by atoms with E-state index in [2.05, 4.69) is 15.5 Å². The molecule has 1 aliphatic heterocycles. The van der Waals surface area contributed by atoms with E-state index in [9.17, 15) is 0 Å². The number of hydrogen-bond donors (Lipinski definition) is 1. The molecule has 5 nitrogen and oxygen atoms in total. The first-order valence-electron chi connectivity index (χ1n) is 5.58. The van der Waals surface area contributed by atoms with Crippen molar-refractivity contribution in [1.82, 2.24) is 10.1 Å². The molecule has 0 spiro atoms. The molecule has 1 fully saturated rings. The quantitative estimate of drug-likeness (QED) is 0.799. The van der Waals surface area contributed by atoms with Crippen LogP contribution in [0, 0.1) is 0 Å². The van der Waals surface area contributed by atoms with Gasteiger partial charge in [0.15, 0.2) is 5.82 Å². The molecule has 1 aromatic rings. The van der Waals surface area contributed by atoms with Gasteiger partial charge >= 0.3 is 6.01 Å².